The lowest BCUT2D eigenvalue weighted by atomic mass is 9.94. The van der Waals surface area contributed by atoms with Gasteiger partial charge >= 0.3 is 6.18 Å². The second kappa shape index (κ2) is 11.4. The van der Waals surface area contributed by atoms with Crippen LogP contribution in [-0.4, -0.2) is 41.3 Å². The van der Waals surface area contributed by atoms with E-state index < -0.39 is 62.8 Å². The summed E-state index contributed by atoms with van der Waals surface area (Å²) in [7, 11) is -8.32. The SMILES string of the molecule is CC(C)(CF)C(=O)Nc1ccc(NS(=O)(=O)c2cccc3c(NS(=O)(=O)CCCC(F)(F)F)cccc23)cc1. The molecule has 212 valence electrons. The molecule has 0 saturated heterocycles. The van der Waals surface area contributed by atoms with Gasteiger partial charge in [-0.2, -0.15) is 13.2 Å². The van der Waals surface area contributed by atoms with Crippen molar-refractivity contribution in [3.05, 3.63) is 60.7 Å². The number of carbonyl (C=O) groups excluding carboxylic acids is 1. The average molecular weight is 590 g/mol. The first-order valence-corrected chi connectivity index (χ1v) is 14.8. The third-order valence-corrected chi connectivity index (χ3v) is 8.45. The molecule has 3 aromatic carbocycles. The topological polar surface area (TPSA) is 121 Å². The zero-order valence-electron chi connectivity index (χ0n) is 21.0. The van der Waals surface area contributed by atoms with Gasteiger partial charge in [0.25, 0.3) is 10.0 Å². The minimum atomic E-state index is -4.48. The molecule has 0 fully saturated rings. The van der Waals surface area contributed by atoms with E-state index in [1.807, 2.05) is 0 Å². The van der Waals surface area contributed by atoms with Crippen LogP contribution in [0.3, 0.4) is 0 Å². The average Bonchev–Trinajstić information content (AvgIpc) is 2.83. The van der Waals surface area contributed by atoms with Crippen LogP contribution < -0.4 is 14.8 Å². The van der Waals surface area contributed by atoms with E-state index >= 15 is 0 Å². The number of halogens is 4. The van der Waals surface area contributed by atoms with Crippen LogP contribution in [0.5, 0.6) is 0 Å². The molecule has 0 spiro atoms. The lowest BCUT2D eigenvalue weighted by Crippen LogP contribution is -2.32. The number of sulfonamides is 2. The summed E-state index contributed by atoms with van der Waals surface area (Å²) in [4.78, 5) is 12.0. The van der Waals surface area contributed by atoms with E-state index in [0.29, 0.717) is 5.69 Å². The van der Waals surface area contributed by atoms with Crippen LogP contribution in [0, 0.1) is 5.41 Å². The molecule has 1 amide bonds. The lowest BCUT2D eigenvalue weighted by molar-refractivity contribution is -0.134. The molecule has 0 aliphatic carbocycles. The highest BCUT2D eigenvalue weighted by molar-refractivity contribution is 7.93. The van der Waals surface area contributed by atoms with Crippen molar-refractivity contribution in [2.75, 3.05) is 27.2 Å². The summed E-state index contributed by atoms with van der Waals surface area (Å²) >= 11 is 0. The molecule has 0 heterocycles. The largest absolute Gasteiger partial charge is 0.389 e. The highest BCUT2D eigenvalue weighted by Gasteiger charge is 2.28. The van der Waals surface area contributed by atoms with Gasteiger partial charge in [0, 0.05) is 28.6 Å². The smallest absolute Gasteiger partial charge is 0.326 e. The number of benzene rings is 3. The van der Waals surface area contributed by atoms with Gasteiger partial charge in [-0.15, -0.1) is 0 Å². The number of carbonyl (C=O) groups is 1. The minimum absolute atomic E-state index is 0.0212. The summed E-state index contributed by atoms with van der Waals surface area (Å²) in [5.41, 5.74) is -0.712. The van der Waals surface area contributed by atoms with Gasteiger partial charge in [-0.25, -0.2) is 21.2 Å². The molecule has 3 rings (SSSR count). The number of alkyl halides is 4. The van der Waals surface area contributed by atoms with E-state index in [4.69, 9.17) is 0 Å². The Labute approximate surface area is 223 Å². The second-order valence-electron chi connectivity index (χ2n) is 9.45. The molecule has 0 aromatic heterocycles. The number of nitrogens with one attached hydrogen (secondary N) is 3. The zero-order chi connectivity index (χ0) is 29.1. The summed E-state index contributed by atoms with van der Waals surface area (Å²) in [5, 5.41) is 2.96. The third-order valence-electron chi connectivity index (χ3n) is 5.65. The van der Waals surface area contributed by atoms with Crippen molar-refractivity contribution in [3.63, 3.8) is 0 Å². The van der Waals surface area contributed by atoms with Crippen LogP contribution >= 0.6 is 0 Å². The van der Waals surface area contributed by atoms with Gasteiger partial charge in [0.1, 0.15) is 6.67 Å². The molecule has 0 radical (unpaired) electrons. The molecule has 3 aromatic rings. The monoisotopic (exact) mass is 589 g/mol. The number of amides is 1. The molecule has 3 N–H and O–H groups in total. The molecule has 0 bridgehead atoms. The number of rotatable bonds is 11. The summed E-state index contributed by atoms with van der Waals surface area (Å²) in [6.07, 6.45) is -6.35. The Hall–Kier alpha value is -3.39. The van der Waals surface area contributed by atoms with Gasteiger partial charge in [0.2, 0.25) is 15.9 Å². The fourth-order valence-electron chi connectivity index (χ4n) is 3.48. The van der Waals surface area contributed by atoms with Crippen LogP contribution in [0.25, 0.3) is 10.8 Å². The normalized spacial score (nSPS) is 12.8. The van der Waals surface area contributed by atoms with Crippen LogP contribution in [0.1, 0.15) is 26.7 Å². The first kappa shape index (κ1) is 30.2. The molecular formula is C25H27F4N3O5S2. The Morgan fingerprint density at radius 2 is 1.41 bits per heavy atom. The van der Waals surface area contributed by atoms with Crippen molar-refractivity contribution in [1.29, 1.82) is 0 Å². The summed E-state index contributed by atoms with van der Waals surface area (Å²) in [5.74, 6) is -1.30. The maximum Gasteiger partial charge on any atom is 0.389 e. The molecule has 0 atom stereocenters. The number of fused-ring (bicyclic) bond motifs is 1. The molecule has 14 heteroatoms. The molecule has 0 saturated carbocycles. The van der Waals surface area contributed by atoms with Crippen LogP contribution in [0.15, 0.2) is 65.6 Å². The maximum absolute atomic E-state index is 13.2. The fraction of sp³-hybridized carbons (Fsp3) is 0.320. The van der Waals surface area contributed by atoms with E-state index in [0.717, 1.165) is 0 Å². The zero-order valence-corrected chi connectivity index (χ0v) is 22.6. The van der Waals surface area contributed by atoms with E-state index in [1.54, 1.807) is 0 Å². The Morgan fingerprint density at radius 3 is 2.03 bits per heavy atom. The van der Waals surface area contributed by atoms with Crippen molar-refractivity contribution in [1.82, 2.24) is 0 Å². The molecule has 8 nitrogen and oxygen atoms in total. The summed E-state index contributed by atoms with van der Waals surface area (Å²) in [6, 6.07) is 14.2. The van der Waals surface area contributed by atoms with Gasteiger partial charge in [-0.05, 0) is 56.7 Å². The van der Waals surface area contributed by atoms with Gasteiger partial charge in [-0.3, -0.25) is 14.2 Å². The van der Waals surface area contributed by atoms with Crippen molar-refractivity contribution in [3.8, 4) is 0 Å². The van der Waals surface area contributed by atoms with E-state index in [-0.39, 0.29) is 27.0 Å². The lowest BCUT2D eigenvalue weighted by Gasteiger charge is -2.19. The van der Waals surface area contributed by atoms with Gasteiger partial charge in [0.15, 0.2) is 0 Å². The molecular weight excluding hydrogens is 562 g/mol. The fourth-order valence-corrected chi connectivity index (χ4v) is 5.90. The number of hydrogen-bond donors (Lipinski definition) is 3. The standard InChI is InChI=1S/C25H27F4N3O5S2/c1-24(2,16-26)23(33)30-17-10-12-18(13-11-17)31-39(36,37)22-9-4-6-19-20(22)7-3-8-21(19)32-38(34,35)15-5-14-25(27,28)29/h3-4,6-13,31-32H,5,14-16H2,1-2H3,(H,30,33). The number of anilines is 3. The van der Waals surface area contributed by atoms with Crippen molar-refractivity contribution in [2.24, 2.45) is 5.41 Å². The Bertz CT molecular complexity index is 1560. The quantitative estimate of drug-likeness (QED) is 0.249. The van der Waals surface area contributed by atoms with Crippen LogP contribution in [0.4, 0.5) is 34.6 Å². The van der Waals surface area contributed by atoms with Gasteiger partial charge in [-0.1, -0.05) is 24.3 Å². The van der Waals surface area contributed by atoms with Gasteiger partial charge < -0.3 is 5.32 Å². The molecule has 0 aliphatic rings. The number of hydrogen-bond acceptors (Lipinski definition) is 5. The third kappa shape index (κ3) is 8.05. The van der Waals surface area contributed by atoms with Crippen LogP contribution in [0.2, 0.25) is 0 Å². The summed E-state index contributed by atoms with van der Waals surface area (Å²) < 4.78 is 106. The highest BCUT2D eigenvalue weighted by Crippen LogP contribution is 2.31. The second-order valence-corrected chi connectivity index (χ2v) is 12.9. The first-order chi connectivity index (χ1) is 18.0. The Kier molecular flexibility index (Phi) is 8.80. The minimum Gasteiger partial charge on any atom is -0.326 e. The van der Waals surface area contributed by atoms with E-state index in [2.05, 4.69) is 14.8 Å². The van der Waals surface area contributed by atoms with E-state index in [9.17, 15) is 39.2 Å². The maximum atomic E-state index is 13.2. The Balaban J connectivity index is 1.82. The van der Waals surface area contributed by atoms with Gasteiger partial charge in [0.05, 0.1) is 21.8 Å². The van der Waals surface area contributed by atoms with Crippen molar-refractivity contribution >= 4 is 53.8 Å². The Morgan fingerprint density at radius 1 is 0.821 bits per heavy atom. The predicted molar refractivity (Wildman–Crippen MR) is 142 cm³/mol. The highest BCUT2D eigenvalue weighted by atomic mass is 32.2. The first-order valence-electron chi connectivity index (χ1n) is 11.6. The van der Waals surface area contributed by atoms with E-state index in [1.165, 1.54) is 74.5 Å². The molecule has 0 unspecified atom stereocenters. The van der Waals surface area contributed by atoms with Crippen molar-refractivity contribution in [2.45, 2.75) is 37.8 Å². The predicted octanol–water partition coefficient (Wildman–Crippen LogP) is 5.66. The van der Waals surface area contributed by atoms with Crippen molar-refractivity contribution < 1.29 is 39.2 Å². The van der Waals surface area contributed by atoms with Crippen LogP contribution in [-0.2, 0) is 24.8 Å². The summed E-state index contributed by atoms with van der Waals surface area (Å²) in [6.45, 7) is 2.03. The molecule has 0 aliphatic heterocycles. The molecule has 39 heavy (non-hydrogen) atoms.